The van der Waals surface area contributed by atoms with Gasteiger partial charge in [-0.3, -0.25) is 4.79 Å². The SMILES string of the molecule is COc1ccc(F)cc1C(=O)COc1cccc(I)c1. The lowest BCUT2D eigenvalue weighted by atomic mass is 10.1. The van der Waals surface area contributed by atoms with Crippen LogP contribution in [0.1, 0.15) is 10.4 Å². The lowest BCUT2D eigenvalue weighted by molar-refractivity contribution is 0.0918. The maximum atomic E-state index is 13.2. The van der Waals surface area contributed by atoms with Crippen LogP contribution in [-0.2, 0) is 0 Å². The first-order valence-corrected chi connectivity index (χ1v) is 6.93. The zero-order valence-corrected chi connectivity index (χ0v) is 12.9. The Labute approximate surface area is 129 Å². The van der Waals surface area contributed by atoms with Gasteiger partial charge in [0.05, 0.1) is 12.7 Å². The maximum absolute atomic E-state index is 13.2. The number of halogens is 2. The van der Waals surface area contributed by atoms with Crippen LogP contribution in [0.25, 0.3) is 0 Å². The molecule has 0 N–H and O–H groups in total. The van der Waals surface area contributed by atoms with Gasteiger partial charge in [0, 0.05) is 3.57 Å². The Kier molecular flexibility index (Phi) is 4.94. The molecule has 0 amide bonds. The number of carbonyl (C=O) groups is 1. The smallest absolute Gasteiger partial charge is 0.204 e. The molecular formula is C15H12FIO3. The van der Waals surface area contributed by atoms with Crippen molar-refractivity contribution in [1.29, 1.82) is 0 Å². The van der Waals surface area contributed by atoms with Crippen LogP contribution in [0.4, 0.5) is 4.39 Å². The lowest BCUT2D eigenvalue weighted by Gasteiger charge is -2.09. The average Bonchev–Trinajstić information content (AvgIpc) is 2.45. The second-order valence-corrected chi connectivity index (χ2v) is 5.26. The molecule has 0 unspecified atom stereocenters. The highest BCUT2D eigenvalue weighted by Gasteiger charge is 2.14. The molecule has 0 aliphatic rings. The first-order chi connectivity index (χ1) is 9.60. The van der Waals surface area contributed by atoms with Crippen LogP contribution >= 0.6 is 22.6 Å². The summed E-state index contributed by atoms with van der Waals surface area (Å²) in [6.45, 7) is -0.167. The Bertz CT molecular complexity index is 628. The predicted molar refractivity (Wildman–Crippen MR) is 81.9 cm³/mol. The van der Waals surface area contributed by atoms with E-state index in [1.807, 2.05) is 18.2 Å². The van der Waals surface area contributed by atoms with Gasteiger partial charge in [-0.05, 0) is 59.0 Å². The Hall–Kier alpha value is -1.63. The molecule has 20 heavy (non-hydrogen) atoms. The highest BCUT2D eigenvalue weighted by atomic mass is 127. The number of methoxy groups -OCH3 is 1. The summed E-state index contributed by atoms with van der Waals surface area (Å²) >= 11 is 2.16. The highest BCUT2D eigenvalue weighted by molar-refractivity contribution is 14.1. The Morgan fingerprint density at radius 3 is 2.75 bits per heavy atom. The van der Waals surface area contributed by atoms with Crippen molar-refractivity contribution in [3.63, 3.8) is 0 Å². The number of ether oxygens (including phenoxy) is 2. The molecule has 2 aromatic carbocycles. The molecule has 0 spiro atoms. The Balaban J connectivity index is 2.10. The molecule has 3 nitrogen and oxygen atoms in total. The van der Waals surface area contributed by atoms with Crippen LogP contribution < -0.4 is 9.47 Å². The summed E-state index contributed by atoms with van der Waals surface area (Å²) in [4.78, 5) is 12.1. The molecule has 2 aromatic rings. The monoisotopic (exact) mass is 386 g/mol. The van der Waals surface area contributed by atoms with Crippen molar-refractivity contribution in [3.05, 3.63) is 57.4 Å². The van der Waals surface area contributed by atoms with Crippen LogP contribution in [0.15, 0.2) is 42.5 Å². The second-order valence-electron chi connectivity index (χ2n) is 4.01. The zero-order valence-electron chi connectivity index (χ0n) is 10.7. The van der Waals surface area contributed by atoms with E-state index in [0.717, 1.165) is 9.64 Å². The van der Waals surface area contributed by atoms with E-state index in [4.69, 9.17) is 9.47 Å². The van der Waals surface area contributed by atoms with Crippen molar-refractivity contribution in [2.45, 2.75) is 0 Å². The first kappa shape index (κ1) is 14.8. The second kappa shape index (κ2) is 6.69. The molecule has 0 aliphatic carbocycles. The third kappa shape index (κ3) is 3.69. The molecule has 2 rings (SSSR count). The quantitative estimate of drug-likeness (QED) is 0.581. The standard InChI is InChI=1S/C15H12FIO3/c1-19-15-6-5-10(16)7-13(15)14(18)9-20-12-4-2-3-11(17)8-12/h2-8H,9H2,1H3. The van der Waals surface area contributed by atoms with Crippen molar-refractivity contribution in [2.75, 3.05) is 13.7 Å². The fourth-order valence-corrected chi connectivity index (χ4v) is 2.20. The van der Waals surface area contributed by atoms with E-state index in [-0.39, 0.29) is 18.0 Å². The van der Waals surface area contributed by atoms with E-state index in [0.29, 0.717) is 11.5 Å². The van der Waals surface area contributed by atoms with Crippen molar-refractivity contribution in [3.8, 4) is 11.5 Å². The summed E-state index contributed by atoms with van der Waals surface area (Å²) in [5, 5.41) is 0. The van der Waals surface area contributed by atoms with Crippen molar-refractivity contribution >= 4 is 28.4 Å². The number of ketones is 1. The Morgan fingerprint density at radius 2 is 2.05 bits per heavy atom. The largest absolute Gasteiger partial charge is 0.496 e. The van der Waals surface area contributed by atoms with Gasteiger partial charge in [-0.2, -0.15) is 0 Å². The number of carbonyl (C=O) groups excluding carboxylic acids is 1. The molecular weight excluding hydrogens is 374 g/mol. The van der Waals surface area contributed by atoms with Gasteiger partial charge in [-0.1, -0.05) is 6.07 Å². The molecule has 0 atom stereocenters. The predicted octanol–water partition coefficient (Wildman–Crippen LogP) is 3.70. The molecule has 0 fully saturated rings. The van der Waals surface area contributed by atoms with Gasteiger partial charge in [0.15, 0.2) is 6.61 Å². The molecule has 104 valence electrons. The minimum atomic E-state index is -0.483. The summed E-state index contributed by atoms with van der Waals surface area (Å²) < 4.78 is 24.7. The fraction of sp³-hybridized carbons (Fsp3) is 0.133. The van der Waals surface area contributed by atoms with E-state index in [1.54, 1.807) is 6.07 Å². The number of hydrogen-bond donors (Lipinski definition) is 0. The summed E-state index contributed by atoms with van der Waals surface area (Å²) in [5.74, 6) is 0.117. The van der Waals surface area contributed by atoms with Gasteiger partial charge >= 0.3 is 0 Å². The van der Waals surface area contributed by atoms with Crippen LogP contribution in [-0.4, -0.2) is 19.5 Å². The van der Waals surface area contributed by atoms with E-state index in [1.165, 1.54) is 19.2 Å². The Morgan fingerprint density at radius 1 is 1.25 bits per heavy atom. The molecule has 0 bridgehead atoms. The van der Waals surface area contributed by atoms with E-state index in [2.05, 4.69) is 22.6 Å². The summed E-state index contributed by atoms with van der Waals surface area (Å²) in [5.41, 5.74) is 0.179. The van der Waals surface area contributed by atoms with Gasteiger partial charge < -0.3 is 9.47 Å². The van der Waals surface area contributed by atoms with Crippen LogP contribution in [0.2, 0.25) is 0 Å². The zero-order chi connectivity index (χ0) is 14.5. The third-order valence-electron chi connectivity index (χ3n) is 2.63. The van der Waals surface area contributed by atoms with E-state index >= 15 is 0 Å². The van der Waals surface area contributed by atoms with Crippen LogP contribution in [0.3, 0.4) is 0 Å². The summed E-state index contributed by atoms with van der Waals surface area (Å²) in [6, 6.07) is 11.2. The van der Waals surface area contributed by atoms with Crippen LogP contribution in [0, 0.1) is 9.39 Å². The number of hydrogen-bond acceptors (Lipinski definition) is 3. The normalized spacial score (nSPS) is 10.2. The van der Waals surface area contributed by atoms with Crippen LogP contribution in [0.5, 0.6) is 11.5 Å². The van der Waals surface area contributed by atoms with Crippen molar-refractivity contribution in [2.24, 2.45) is 0 Å². The minimum Gasteiger partial charge on any atom is -0.496 e. The number of benzene rings is 2. The van der Waals surface area contributed by atoms with Gasteiger partial charge in [0.1, 0.15) is 17.3 Å². The molecule has 0 saturated heterocycles. The van der Waals surface area contributed by atoms with Gasteiger partial charge in [0.25, 0.3) is 0 Å². The summed E-state index contributed by atoms with van der Waals surface area (Å²) in [7, 11) is 1.43. The summed E-state index contributed by atoms with van der Waals surface area (Å²) in [6.07, 6.45) is 0. The molecule has 5 heteroatoms. The van der Waals surface area contributed by atoms with Gasteiger partial charge in [-0.25, -0.2) is 4.39 Å². The average molecular weight is 386 g/mol. The van der Waals surface area contributed by atoms with Gasteiger partial charge in [-0.15, -0.1) is 0 Å². The molecule has 0 saturated carbocycles. The lowest BCUT2D eigenvalue weighted by Crippen LogP contribution is -2.13. The first-order valence-electron chi connectivity index (χ1n) is 5.85. The highest BCUT2D eigenvalue weighted by Crippen LogP contribution is 2.21. The van der Waals surface area contributed by atoms with Gasteiger partial charge in [0.2, 0.25) is 5.78 Å². The molecule has 0 aliphatic heterocycles. The molecule has 0 heterocycles. The van der Waals surface area contributed by atoms with Crippen molar-refractivity contribution in [1.82, 2.24) is 0 Å². The maximum Gasteiger partial charge on any atom is 0.204 e. The number of rotatable bonds is 5. The van der Waals surface area contributed by atoms with E-state index in [9.17, 15) is 9.18 Å². The number of Topliss-reactive ketones (excluding diaryl/α,β-unsaturated/α-hetero) is 1. The minimum absolute atomic E-state index is 0.167. The third-order valence-corrected chi connectivity index (χ3v) is 3.30. The molecule has 0 radical (unpaired) electrons. The molecule has 0 aromatic heterocycles. The fourth-order valence-electron chi connectivity index (χ4n) is 1.68. The van der Waals surface area contributed by atoms with E-state index < -0.39 is 5.82 Å². The topological polar surface area (TPSA) is 35.5 Å². The van der Waals surface area contributed by atoms with Crippen molar-refractivity contribution < 1.29 is 18.7 Å².